The second kappa shape index (κ2) is 8.18. The second-order valence-corrected chi connectivity index (χ2v) is 7.12. The summed E-state index contributed by atoms with van der Waals surface area (Å²) in [5.41, 5.74) is 1.84. The molecule has 0 saturated heterocycles. The van der Waals surface area contributed by atoms with E-state index in [1.807, 2.05) is 55.5 Å². The van der Waals surface area contributed by atoms with Gasteiger partial charge in [-0.15, -0.1) is 5.10 Å². The topological polar surface area (TPSA) is 70.7 Å². The maximum Gasteiger partial charge on any atom is 0.233 e. The molecule has 0 aliphatic heterocycles. The quantitative estimate of drug-likeness (QED) is 0.643. The lowest BCUT2D eigenvalue weighted by atomic mass is 10.2. The molecule has 5 nitrogen and oxygen atoms in total. The van der Waals surface area contributed by atoms with E-state index in [1.165, 1.54) is 11.8 Å². The Bertz CT molecular complexity index is 853. The zero-order valence-corrected chi connectivity index (χ0v) is 15.1. The number of nitrogens with zero attached hydrogens (tertiary/aromatic N) is 2. The van der Waals surface area contributed by atoms with Crippen molar-refractivity contribution in [2.75, 3.05) is 0 Å². The zero-order chi connectivity index (χ0) is 17.6. The summed E-state index contributed by atoms with van der Waals surface area (Å²) in [5.74, 6) is 0.600. The summed E-state index contributed by atoms with van der Waals surface area (Å²) in [7, 11) is 0. The molecule has 0 spiro atoms. The first-order valence-corrected chi connectivity index (χ1v) is 9.05. The zero-order valence-electron chi connectivity index (χ0n) is 13.6. The summed E-state index contributed by atoms with van der Waals surface area (Å²) in [5, 5.41) is 10.8. The number of H-pyrrole nitrogens is 1. The summed E-state index contributed by atoms with van der Waals surface area (Å²) in [4.78, 5) is 16.7. The number of aromatic amines is 1. The Morgan fingerprint density at radius 1 is 1.20 bits per heavy atom. The average molecular weight is 373 g/mol. The molecule has 0 unspecified atom stereocenters. The maximum absolute atomic E-state index is 12.3. The van der Waals surface area contributed by atoms with Crippen LogP contribution in [0, 0.1) is 0 Å². The van der Waals surface area contributed by atoms with E-state index >= 15 is 0 Å². The first kappa shape index (κ1) is 17.5. The van der Waals surface area contributed by atoms with Gasteiger partial charge in [-0.2, -0.15) is 0 Å². The fourth-order valence-corrected chi connectivity index (χ4v) is 3.16. The third-order valence-corrected chi connectivity index (χ3v) is 4.90. The number of rotatable bonds is 6. The van der Waals surface area contributed by atoms with Crippen LogP contribution < -0.4 is 5.32 Å². The van der Waals surface area contributed by atoms with Gasteiger partial charge in [-0.05, 0) is 18.6 Å². The van der Waals surface area contributed by atoms with E-state index in [0.717, 1.165) is 11.1 Å². The molecule has 7 heteroatoms. The van der Waals surface area contributed by atoms with Crippen LogP contribution in [0.15, 0.2) is 59.8 Å². The Morgan fingerprint density at radius 2 is 1.92 bits per heavy atom. The minimum absolute atomic E-state index is 0.0871. The highest BCUT2D eigenvalue weighted by molar-refractivity contribution is 8.00. The van der Waals surface area contributed by atoms with Crippen molar-refractivity contribution in [3.8, 4) is 11.4 Å². The van der Waals surface area contributed by atoms with Gasteiger partial charge in [-0.3, -0.25) is 9.89 Å². The van der Waals surface area contributed by atoms with Gasteiger partial charge in [0.15, 0.2) is 5.82 Å². The lowest BCUT2D eigenvalue weighted by molar-refractivity contribution is -0.120. The highest BCUT2D eigenvalue weighted by Gasteiger charge is 2.17. The molecule has 3 aromatic rings. The maximum atomic E-state index is 12.3. The summed E-state index contributed by atoms with van der Waals surface area (Å²) in [6.45, 7) is 2.22. The Balaban J connectivity index is 1.57. The van der Waals surface area contributed by atoms with Gasteiger partial charge in [-0.25, -0.2) is 4.98 Å². The fraction of sp³-hybridized carbons (Fsp3) is 0.167. The summed E-state index contributed by atoms with van der Waals surface area (Å²) in [6, 6.07) is 17.2. The first-order valence-electron chi connectivity index (χ1n) is 7.79. The number of carbonyl (C=O) groups is 1. The van der Waals surface area contributed by atoms with Crippen LogP contribution in [0.25, 0.3) is 11.4 Å². The largest absolute Gasteiger partial charge is 0.351 e. The minimum Gasteiger partial charge on any atom is -0.351 e. The van der Waals surface area contributed by atoms with Crippen molar-refractivity contribution in [1.29, 1.82) is 0 Å². The van der Waals surface area contributed by atoms with Crippen LogP contribution in [0.4, 0.5) is 0 Å². The SMILES string of the molecule is C[C@H](Sc1n[nH]c(-c2ccccc2)n1)C(=O)NCc1ccccc1Cl. The molecule has 1 aromatic heterocycles. The lowest BCUT2D eigenvalue weighted by Gasteiger charge is -2.10. The minimum atomic E-state index is -0.318. The number of carbonyl (C=O) groups excluding carboxylic acids is 1. The number of halogens is 1. The molecule has 0 aliphatic carbocycles. The molecule has 128 valence electrons. The van der Waals surface area contributed by atoms with Gasteiger partial charge in [0, 0.05) is 17.1 Å². The van der Waals surface area contributed by atoms with E-state index in [1.54, 1.807) is 6.07 Å². The number of amides is 1. The van der Waals surface area contributed by atoms with Crippen LogP contribution in [-0.2, 0) is 11.3 Å². The molecule has 1 amide bonds. The smallest absolute Gasteiger partial charge is 0.233 e. The number of aromatic nitrogens is 3. The van der Waals surface area contributed by atoms with Crippen molar-refractivity contribution in [1.82, 2.24) is 20.5 Å². The molecule has 0 radical (unpaired) electrons. The molecule has 2 aromatic carbocycles. The van der Waals surface area contributed by atoms with Crippen LogP contribution in [-0.4, -0.2) is 26.3 Å². The molecule has 1 heterocycles. The molecule has 0 aliphatic rings. The molecule has 0 bridgehead atoms. The number of nitrogens with one attached hydrogen (secondary N) is 2. The van der Waals surface area contributed by atoms with Gasteiger partial charge in [0.2, 0.25) is 11.1 Å². The van der Waals surface area contributed by atoms with Gasteiger partial charge in [-0.1, -0.05) is 71.9 Å². The van der Waals surface area contributed by atoms with Crippen LogP contribution in [0.3, 0.4) is 0 Å². The van der Waals surface area contributed by atoms with Gasteiger partial charge in [0.05, 0.1) is 5.25 Å². The molecule has 1 atom stereocenters. The summed E-state index contributed by atoms with van der Waals surface area (Å²) in [6.07, 6.45) is 0. The Morgan fingerprint density at radius 3 is 2.68 bits per heavy atom. The first-order chi connectivity index (χ1) is 12.1. The molecular formula is C18H17ClN4OS. The van der Waals surface area contributed by atoms with Crippen molar-refractivity contribution < 1.29 is 4.79 Å². The van der Waals surface area contributed by atoms with E-state index in [4.69, 9.17) is 11.6 Å². The molecule has 0 fully saturated rings. The fourth-order valence-electron chi connectivity index (χ4n) is 2.20. The highest BCUT2D eigenvalue weighted by Crippen LogP contribution is 2.23. The van der Waals surface area contributed by atoms with Crippen molar-refractivity contribution in [3.05, 3.63) is 65.2 Å². The van der Waals surface area contributed by atoms with E-state index < -0.39 is 0 Å². The molecule has 3 rings (SSSR count). The van der Waals surface area contributed by atoms with E-state index in [-0.39, 0.29) is 11.2 Å². The standard InChI is InChI=1S/C18H17ClN4OS/c1-12(17(24)20-11-14-9-5-6-10-15(14)19)25-18-21-16(22-23-18)13-7-3-2-4-8-13/h2-10,12H,11H2,1H3,(H,20,24)(H,21,22,23)/t12-/m0/s1. The van der Waals surface area contributed by atoms with Crippen molar-refractivity contribution in [3.63, 3.8) is 0 Å². The Labute approximate surface area is 155 Å². The van der Waals surface area contributed by atoms with Crippen molar-refractivity contribution >= 4 is 29.3 Å². The number of benzene rings is 2. The monoisotopic (exact) mass is 372 g/mol. The average Bonchev–Trinajstić information content (AvgIpc) is 3.10. The molecular weight excluding hydrogens is 356 g/mol. The number of thioether (sulfide) groups is 1. The van der Waals surface area contributed by atoms with Crippen molar-refractivity contribution in [2.45, 2.75) is 23.9 Å². The predicted molar refractivity (Wildman–Crippen MR) is 100 cm³/mol. The highest BCUT2D eigenvalue weighted by atomic mass is 35.5. The molecule has 2 N–H and O–H groups in total. The van der Waals surface area contributed by atoms with E-state index in [0.29, 0.717) is 22.5 Å². The lowest BCUT2D eigenvalue weighted by Crippen LogP contribution is -2.30. The van der Waals surface area contributed by atoms with Crippen molar-refractivity contribution in [2.24, 2.45) is 0 Å². The predicted octanol–water partition coefficient (Wildman–Crippen LogP) is 3.92. The number of hydrogen-bond donors (Lipinski definition) is 2. The normalized spacial score (nSPS) is 11.9. The Hall–Kier alpha value is -2.31. The van der Waals surface area contributed by atoms with Gasteiger partial charge in [0.1, 0.15) is 0 Å². The summed E-state index contributed by atoms with van der Waals surface area (Å²) >= 11 is 7.41. The summed E-state index contributed by atoms with van der Waals surface area (Å²) < 4.78 is 0. The third-order valence-electron chi connectivity index (χ3n) is 3.57. The second-order valence-electron chi connectivity index (χ2n) is 5.40. The van der Waals surface area contributed by atoms with Crippen LogP contribution >= 0.6 is 23.4 Å². The van der Waals surface area contributed by atoms with Crippen LogP contribution in [0.5, 0.6) is 0 Å². The van der Waals surface area contributed by atoms with E-state index in [2.05, 4.69) is 20.5 Å². The van der Waals surface area contributed by atoms with Gasteiger partial charge in [0.25, 0.3) is 0 Å². The molecule has 25 heavy (non-hydrogen) atoms. The number of hydrogen-bond acceptors (Lipinski definition) is 4. The van der Waals surface area contributed by atoms with Crippen LogP contribution in [0.2, 0.25) is 5.02 Å². The van der Waals surface area contributed by atoms with Gasteiger partial charge >= 0.3 is 0 Å². The van der Waals surface area contributed by atoms with Gasteiger partial charge < -0.3 is 5.32 Å². The molecule has 0 saturated carbocycles. The Kier molecular flexibility index (Phi) is 5.73. The third kappa shape index (κ3) is 4.61. The van der Waals surface area contributed by atoms with Crippen LogP contribution in [0.1, 0.15) is 12.5 Å². The van der Waals surface area contributed by atoms with E-state index in [9.17, 15) is 4.79 Å².